The van der Waals surface area contributed by atoms with Crippen molar-refractivity contribution < 1.29 is 14.4 Å². The first kappa shape index (κ1) is 27.4. The molecule has 2 amide bonds. The third-order valence-electron chi connectivity index (χ3n) is 5.65. The van der Waals surface area contributed by atoms with Gasteiger partial charge in [0.1, 0.15) is 0 Å². The van der Waals surface area contributed by atoms with Gasteiger partial charge in [-0.25, -0.2) is 0 Å². The molecule has 2 rings (SSSR count). The number of rotatable bonds is 14. The minimum absolute atomic E-state index is 0.113. The molecule has 7 N–H and O–H groups in total. The van der Waals surface area contributed by atoms with Crippen molar-refractivity contribution in [2.24, 2.45) is 23.1 Å². The molecule has 0 fully saturated rings. The number of ketones is 1. The molecule has 9 nitrogen and oxygen atoms in total. The van der Waals surface area contributed by atoms with E-state index in [-0.39, 0.29) is 24.5 Å². The van der Waals surface area contributed by atoms with Gasteiger partial charge < -0.3 is 27.4 Å². The van der Waals surface area contributed by atoms with Crippen LogP contribution in [-0.2, 0) is 20.8 Å². The van der Waals surface area contributed by atoms with Crippen LogP contribution in [0.4, 0.5) is 0 Å². The second-order valence-electron chi connectivity index (χ2n) is 8.98. The highest BCUT2D eigenvalue weighted by Gasteiger charge is 2.26. The molecular formula is C25H38N6O3. The van der Waals surface area contributed by atoms with Gasteiger partial charge in [0.15, 0.2) is 5.78 Å². The highest BCUT2D eigenvalue weighted by Crippen LogP contribution is 2.15. The summed E-state index contributed by atoms with van der Waals surface area (Å²) < 4.78 is 0. The standard InChI is InChI=1S/C25H38N6O3/c1-17(2)7-8-22(23(32)14-18-13-19-5-3-4-6-21(19)29-16-18)30-25(34)20(28)15-24(33)31(11-9-26)12-10-27/h3-6,13,16-17,20,22H,7-12,14-15,26-28H2,1-2H3,(H,30,34)/t20-,22-/m0/s1. The minimum atomic E-state index is -1.07. The van der Waals surface area contributed by atoms with Crippen LogP contribution in [0.25, 0.3) is 10.9 Å². The molecule has 0 aliphatic heterocycles. The van der Waals surface area contributed by atoms with Crippen molar-refractivity contribution in [1.29, 1.82) is 0 Å². The van der Waals surface area contributed by atoms with Gasteiger partial charge in [-0.2, -0.15) is 0 Å². The van der Waals surface area contributed by atoms with Gasteiger partial charge in [0, 0.05) is 44.2 Å². The first-order chi connectivity index (χ1) is 16.2. The van der Waals surface area contributed by atoms with E-state index in [1.807, 2.05) is 30.3 Å². The normalized spacial score (nSPS) is 13.0. The van der Waals surface area contributed by atoms with Crippen LogP contribution in [0.5, 0.6) is 0 Å². The number of benzene rings is 1. The highest BCUT2D eigenvalue weighted by atomic mass is 16.2. The predicted molar refractivity (Wildman–Crippen MR) is 134 cm³/mol. The van der Waals surface area contributed by atoms with Gasteiger partial charge in [-0.05, 0) is 36.5 Å². The summed E-state index contributed by atoms with van der Waals surface area (Å²) in [6.07, 6.45) is 2.93. The van der Waals surface area contributed by atoms with Gasteiger partial charge in [-0.15, -0.1) is 0 Å². The number of nitrogens with two attached hydrogens (primary N) is 3. The molecule has 0 saturated carbocycles. The van der Waals surface area contributed by atoms with E-state index < -0.39 is 18.0 Å². The molecule has 0 spiro atoms. The lowest BCUT2D eigenvalue weighted by atomic mass is 9.96. The molecule has 0 saturated heterocycles. The van der Waals surface area contributed by atoms with Crippen LogP contribution in [0.3, 0.4) is 0 Å². The lowest BCUT2D eigenvalue weighted by Crippen LogP contribution is -2.51. The molecule has 1 aromatic carbocycles. The monoisotopic (exact) mass is 470 g/mol. The van der Waals surface area contributed by atoms with Crippen LogP contribution in [0.15, 0.2) is 36.5 Å². The summed E-state index contributed by atoms with van der Waals surface area (Å²) in [5.41, 5.74) is 18.8. The topological polar surface area (TPSA) is 157 Å². The van der Waals surface area contributed by atoms with Crippen LogP contribution in [0.2, 0.25) is 0 Å². The van der Waals surface area contributed by atoms with Crippen molar-refractivity contribution in [3.05, 3.63) is 42.1 Å². The number of nitrogens with one attached hydrogen (secondary N) is 1. The molecular weight excluding hydrogens is 432 g/mol. The Kier molecular flexibility index (Phi) is 11.1. The predicted octanol–water partition coefficient (Wildman–Crippen LogP) is 0.731. The van der Waals surface area contributed by atoms with E-state index in [1.165, 1.54) is 4.90 Å². The van der Waals surface area contributed by atoms with E-state index in [1.54, 1.807) is 6.20 Å². The van der Waals surface area contributed by atoms with E-state index in [4.69, 9.17) is 17.2 Å². The van der Waals surface area contributed by atoms with E-state index in [2.05, 4.69) is 24.1 Å². The molecule has 0 bridgehead atoms. The fraction of sp³-hybridized carbons (Fsp3) is 0.520. The number of pyridine rings is 1. The number of carbonyl (C=O) groups is 3. The third kappa shape index (κ3) is 8.48. The largest absolute Gasteiger partial charge is 0.345 e. The van der Waals surface area contributed by atoms with E-state index in [0.29, 0.717) is 38.5 Å². The van der Waals surface area contributed by atoms with Gasteiger partial charge in [-0.3, -0.25) is 19.4 Å². The lowest BCUT2D eigenvalue weighted by molar-refractivity contribution is -0.134. The Labute approximate surface area is 201 Å². The summed E-state index contributed by atoms with van der Waals surface area (Å²) in [5, 5.41) is 3.74. The van der Waals surface area contributed by atoms with Crippen molar-refractivity contribution >= 4 is 28.5 Å². The highest BCUT2D eigenvalue weighted by molar-refractivity contribution is 5.94. The summed E-state index contributed by atoms with van der Waals surface area (Å²) >= 11 is 0. The lowest BCUT2D eigenvalue weighted by Gasteiger charge is -2.24. The molecule has 1 heterocycles. The molecule has 34 heavy (non-hydrogen) atoms. The van der Waals surface area contributed by atoms with Gasteiger partial charge >= 0.3 is 0 Å². The Balaban J connectivity index is 2.05. The van der Waals surface area contributed by atoms with Gasteiger partial charge in [0.05, 0.1) is 24.0 Å². The zero-order valence-corrected chi connectivity index (χ0v) is 20.2. The molecule has 1 aromatic heterocycles. The average molecular weight is 471 g/mol. The van der Waals surface area contributed by atoms with Gasteiger partial charge in [-0.1, -0.05) is 32.0 Å². The number of hydrogen-bond acceptors (Lipinski definition) is 7. The summed E-state index contributed by atoms with van der Waals surface area (Å²) in [7, 11) is 0. The molecule has 2 atom stereocenters. The maximum absolute atomic E-state index is 13.1. The number of aromatic nitrogens is 1. The third-order valence-corrected chi connectivity index (χ3v) is 5.65. The number of para-hydroxylation sites is 1. The maximum atomic E-state index is 13.1. The van der Waals surface area contributed by atoms with Crippen LogP contribution in [-0.4, -0.2) is 65.7 Å². The molecule has 9 heteroatoms. The van der Waals surface area contributed by atoms with Crippen LogP contribution < -0.4 is 22.5 Å². The minimum Gasteiger partial charge on any atom is -0.345 e. The van der Waals surface area contributed by atoms with Crippen molar-refractivity contribution in [1.82, 2.24) is 15.2 Å². The smallest absolute Gasteiger partial charge is 0.238 e. The first-order valence-electron chi connectivity index (χ1n) is 11.8. The van der Waals surface area contributed by atoms with Gasteiger partial charge in [0.2, 0.25) is 11.8 Å². The van der Waals surface area contributed by atoms with Crippen molar-refractivity contribution in [2.45, 2.75) is 51.6 Å². The maximum Gasteiger partial charge on any atom is 0.238 e. The fourth-order valence-electron chi connectivity index (χ4n) is 3.71. The molecule has 0 unspecified atom stereocenters. The van der Waals surface area contributed by atoms with Crippen LogP contribution in [0.1, 0.15) is 38.7 Å². The molecule has 186 valence electrons. The number of hydrogen-bond donors (Lipinski definition) is 4. The Morgan fingerprint density at radius 1 is 1.06 bits per heavy atom. The molecule has 2 aromatic rings. The van der Waals surface area contributed by atoms with E-state index in [0.717, 1.165) is 22.9 Å². The summed E-state index contributed by atoms with van der Waals surface area (Å²) in [6.45, 7) is 5.40. The van der Waals surface area contributed by atoms with Crippen LogP contribution in [0, 0.1) is 5.92 Å². The molecule has 0 aliphatic rings. The van der Waals surface area contributed by atoms with E-state index >= 15 is 0 Å². The number of carbonyl (C=O) groups excluding carboxylic acids is 3. The number of fused-ring (bicyclic) bond motifs is 1. The zero-order valence-electron chi connectivity index (χ0n) is 20.2. The summed E-state index contributed by atoms with van der Waals surface area (Å²) in [6, 6.07) is 7.88. The van der Waals surface area contributed by atoms with Crippen molar-refractivity contribution in [2.75, 3.05) is 26.2 Å². The Morgan fingerprint density at radius 3 is 2.38 bits per heavy atom. The Hall–Kier alpha value is -2.88. The molecule has 0 aliphatic carbocycles. The summed E-state index contributed by atoms with van der Waals surface area (Å²) in [5.74, 6) is -0.554. The zero-order chi connectivity index (χ0) is 25.1. The average Bonchev–Trinajstić information content (AvgIpc) is 2.81. The Bertz CT molecular complexity index is 959. The second-order valence-corrected chi connectivity index (χ2v) is 8.98. The quantitative estimate of drug-likeness (QED) is 0.317. The first-order valence-corrected chi connectivity index (χ1v) is 11.8. The second kappa shape index (κ2) is 13.7. The summed E-state index contributed by atoms with van der Waals surface area (Å²) in [4.78, 5) is 44.3. The van der Waals surface area contributed by atoms with Crippen molar-refractivity contribution in [3.8, 4) is 0 Å². The van der Waals surface area contributed by atoms with Crippen molar-refractivity contribution in [3.63, 3.8) is 0 Å². The Morgan fingerprint density at radius 2 is 1.74 bits per heavy atom. The van der Waals surface area contributed by atoms with Crippen LogP contribution >= 0.6 is 0 Å². The molecule has 0 radical (unpaired) electrons. The number of Topliss-reactive ketones (excluding diaryl/α,β-unsaturated/α-hetero) is 1. The van der Waals surface area contributed by atoms with Gasteiger partial charge in [0.25, 0.3) is 0 Å². The number of amides is 2. The van der Waals surface area contributed by atoms with E-state index in [9.17, 15) is 14.4 Å². The SMILES string of the molecule is CC(C)CC[C@H](NC(=O)[C@@H](N)CC(=O)N(CCN)CCN)C(=O)Cc1cnc2ccccc2c1. The number of nitrogens with zero attached hydrogens (tertiary/aromatic N) is 2. The fourth-order valence-corrected chi connectivity index (χ4v) is 3.71.